The van der Waals surface area contributed by atoms with Crippen molar-refractivity contribution in [2.45, 2.75) is 64.2 Å². The maximum absolute atomic E-state index is 3.27. The number of unbranched alkanes of at least 4 members (excludes halogenated alkanes) is 9. The number of rotatable bonds is 11. The summed E-state index contributed by atoms with van der Waals surface area (Å²) in [4.78, 5) is 2.83. The highest BCUT2D eigenvalue weighted by Gasteiger charge is 1.92. The summed E-state index contributed by atoms with van der Waals surface area (Å²) in [5.41, 5.74) is 0. The van der Waals surface area contributed by atoms with E-state index in [1.54, 1.807) is 0 Å². The molecule has 0 radical (unpaired) electrons. The van der Waals surface area contributed by atoms with Gasteiger partial charge in [0.2, 0.25) is 0 Å². The molecule has 0 aromatic heterocycles. The molecule has 0 aliphatic rings. The monoisotopic (exact) mass is 306 g/mol. The fourth-order valence-electron chi connectivity index (χ4n) is 2.14. The minimum atomic E-state index is 0.973. The lowest BCUT2D eigenvalue weighted by Gasteiger charge is -2.00. The maximum Gasteiger partial charge on any atom is 0.138 e. The van der Waals surface area contributed by atoms with Crippen molar-refractivity contribution in [2.75, 3.05) is 41.3 Å². The standard InChI is InChI=1S/C20H36N2/c1-21(2)19-17-15-13-11-9-7-5-6-8-10-12-14-16-18-20-22(3)4/h5-14,19-20H2,1-4H3/p+2. The number of quaternary nitrogens is 2. The smallest absolute Gasteiger partial charge is 0.138 e. The van der Waals surface area contributed by atoms with Crippen molar-refractivity contribution in [1.29, 1.82) is 0 Å². The normalized spacial score (nSPS) is 10.3. The van der Waals surface area contributed by atoms with Gasteiger partial charge in [-0.15, -0.1) is 0 Å². The van der Waals surface area contributed by atoms with Crippen LogP contribution in [0.25, 0.3) is 0 Å². The molecule has 0 rings (SSSR count). The van der Waals surface area contributed by atoms with Crippen LogP contribution in [0.15, 0.2) is 0 Å². The molecular weight excluding hydrogens is 268 g/mol. The minimum Gasteiger partial charge on any atom is -0.330 e. The van der Waals surface area contributed by atoms with Gasteiger partial charge in [-0.05, 0) is 24.7 Å². The van der Waals surface area contributed by atoms with E-state index in [0.717, 1.165) is 25.9 Å². The molecule has 126 valence electrons. The molecule has 0 amide bonds. The summed E-state index contributed by atoms with van der Waals surface area (Å²) in [5, 5.41) is 0. The summed E-state index contributed by atoms with van der Waals surface area (Å²) < 4.78 is 0. The van der Waals surface area contributed by atoms with Gasteiger partial charge in [0.15, 0.2) is 0 Å². The van der Waals surface area contributed by atoms with Crippen LogP contribution in [0.4, 0.5) is 0 Å². The second-order valence-corrected chi connectivity index (χ2v) is 6.80. The Morgan fingerprint density at radius 2 is 0.773 bits per heavy atom. The third-order valence-corrected chi connectivity index (χ3v) is 3.49. The van der Waals surface area contributed by atoms with Crippen molar-refractivity contribution < 1.29 is 9.80 Å². The zero-order valence-corrected chi connectivity index (χ0v) is 15.5. The van der Waals surface area contributed by atoms with Crippen molar-refractivity contribution in [3.05, 3.63) is 0 Å². The Morgan fingerprint density at radius 3 is 1.09 bits per heavy atom. The first kappa shape index (κ1) is 21.0. The number of nitrogens with one attached hydrogen (secondary N) is 2. The van der Waals surface area contributed by atoms with Gasteiger partial charge in [0.1, 0.15) is 13.1 Å². The average molecular weight is 307 g/mol. The predicted octanol–water partition coefficient (Wildman–Crippen LogP) is 1.18. The lowest BCUT2D eigenvalue weighted by molar-refractivity contribution is -0.850. The number of hydrogen-bond donors (Lipinski definition) is 2. The second-order valence-electron chi connectivity index (χ2n) is 6.80. The molecule has 2 heteroatoms. The fourth-order valence-corrected chi connectivity index (χ4v) is 2.14. The largest absolute Gasteiger partial charge is 0.330 e. The van der Waals surface area contributed by atoms with E-state index >= 15 is 0 Å². The fraction of sp³-hybridized carbons (Fsp3) is 0.800. The molecule has 0 aromatic carbocycles. The van der Waals surface area contributed by atoms with Crippen molar-refractivity contribution in [3.8, 4) is 23.7 Å². The maximum atomic E-state index is 3.27. The van der Waals surface area contributed by atoms with Crippen LogP contribution in [0.5, 0.6) is 0 Å². The van der Waals surface area contributed by atoms with Gasteiger partial charge in [-0.1, -0.05) is 50.4 Å². The van der Waals surface area contributed by atoms with Gasteiger partial charge in [-0.25, -0.2) is 0 Å². The zero-order valence-electron chi connectivity index (χ0n) is 15.5. The van der Waals surface area contributed by atoms with Crippen LogP contribution in [-0.2, 0) is 0 Å². The van der Waals surface area contributed by atoms with Crippen LogP contribution in [-0.4, -0.2) is 41.3 Å². The van der Waals surface area contributed by atoms with Crippen molar-refractivity contribution in [3.63, 3.8) is 0 Å². The van der Waals surface area contributed by atoms with Gasteiger partial charge in [0.25, 0.3) is 0 Å². The van der Waals surface area contributed by atoms with Crippen LogP contribution in [0.1, 0.15) is 64.2 Å². The van der Waals surface area contributed by atoms with Crippen LogP contribution >= 0.6 is 0 Å². The highest BCUT2D eigenvalue weighted by Crippen LogP contribution is 2.10. The van der Waals surface area contributed by atoms with E-state index in [4.69, 9.17) is 0 Å². The molecule has 0 fully saturated rings. The molecule has 0 unspecified atom stereocenters. The molecule has 0 saturated heterocycles. The lowest BCUT2D eigenvalue weighted by Crippen LogP contribution is -3.05. The van der Waals surface area contributed by atoms with Gasteiger partial charge in [0, 0.05) is 12.8 Å². The molecule has 0 aromatic rings. The van der Waals surface area contributed by atoms with E-state index < -0.39 is 0 Å². The Morgan fingerprint density at radius 1 is 0.455 bits per heavy atom. The first-order valence-corrected chi connectivity index (χ1v) is 9.12. The van der Waals surface area contributed by atoms with Crippen LogP contribution in [0, 0.1) is 23.7 Å². The minimum absolute atomic E-state index is 0.973. The molecule has 2 N–H and O–H groups in total. The zero-order chi connectivity index (χ0) is 16.5. The summed E-state index contributed by atoms with van der Waals surface area (Å²) in [5.74, 6) is 13.0. The van der Waals surface area contributed by atoms with Crippen LogP contribution in [0.2, 0.25) is 0 Å². The summed E-state index contributed by atoms with van der Waals surface area (Å²) >= 11 is 0. The molecule has 2 nitrogen and oxygen atoms in total. The summed E-state index contributed by atoms with van der Waals surface area (Å²) in [6.07, 6.45) is 13.0. The van der Waals surface area contributed by atoms with E-state index in [2.05, 4.69) is 51.9 Å². The lowest BCUT2D eigenvalue weighted by atomic mass is 10.1. The van der Waals surface area contributed by atoms with Gasteiger partial charge < -0.3 is 9.80 Å². The Kier molecular flexibility index (Phi) is 15.7. The van der Waals surface area contributed by atoms with Gasteiger partial charge >= 0.3 is 0 Å². The van der Waals surface area contributed by atoms with Crippen molar-refractivity contribution in [2.24, 2.45) is 0 Å². The van der Waals surface area contributed by atoms with Crippen LogP contribution < -0.4 is 9.80 Å². The van der Waals surface area contributed by atoms with Crippen molar-refractivity contribution >= 4 is 0 Å². The first-order chi connectivity index (χ1) is 10.6. The predicted molar refractivity (Wildman–Crippen MR) is 97.1 cm³/mol. The summed E-state index contributed by atoms with van der Waals surface area (Å²) in [7, 11) is 8.58. The van der Waals surface area contributed by atoms with Gasteiger partial charge in [0.05, 0.1) is 28.2 Å². The molecule has 0 bridgehead atoms. The second kappa shape index (κ2) is 16.4. The van der Waals surface area contributed by atoms with Gasteiger partial charge in [-0.2, -0.15) is 0 Å². The highest BCUT2D eigenvalue weighted by molar-refractivity contribution is 4.98. The van der Waals surface area contributed by atoms with E-state index in [1.807, 2.05) is 0 Å². The Bertz CT molecular complexity index is 313. The average Bonchev–Trinajstić information content (AvgIpc) is 2.46. The number of hydrogen-bond acceptors (Lipinski definition) is 0. The van der Waals surface area contributed by atoms with E-state index in [-0.39, 0.29) is 0 Å². The van der Waals surface area contributed by atoms with Crippen LogP contribution in [0.3, 0.4) is 0 Å². The summed E-state index contributed by atoms with van der Waals surface area (Å²) in [6, 6.07) is 0. The Hall–Kier alpha value is -0.960. The molecular formula is C20H38N2+2. The van der Waals surface area contributed by atoms with E-state index in [1.165, 1.54) is 61.2 Å². The first-order valence-electron chi connectivity index (χ1n) is 9.12. The van der Waals surface area contributed by atoms with Gasteiger partial charge in [-0.3, -0.25) is 0 Å². The SMILES string of the molecule is C[NH+](C)CC#CCCCCCCCCCCC#CC[NH+](C)C. The van der Waals surface area contributed by atoms with Crippen molar-refractivity contribution in [1.82, 2.24) is 0 Å². The molecule has 0 spiro atoms. The third-order valence-electron chi connectivity index (χ3n) is 3.49. The topological polar surface area (TPSA) is 8.88 Å². The Labute approximate surface area is 139 Å². The van der Waals surface area contributed by atoms with E-state index in [0.29, 0.717) is 0 Å². The molecule has 0 aliphatic heterocycles. The quantitative estimate of drug-likeness (QED) is 0.419. The third kappa shape index (κ3) is 19.0. The highest BCUT2D eigenvalue weighted by atomic mass is 15.0. The molecule has 22 heavy (non-hydrogen) atoms. The van der Waals surface area contributed by atoms with E-state index in [9.17, 15) is 0 Å². The molecule has 0 aliphatic carbocycles. The summed E-state index contributed by atoms with van der Waals surface area (Å²) in [6.45, 7) is 1.95. The molecule has 0 heterocycles. The molecule has 0 atom stereocenters. The molecule has 0 saturated carbocycles. The Balaban J connectivity index is 3.16.